The van der Waals surface area contributed by atoms with E-state index in [2.05, 4.69) is 16.2 Å². The van der Waals surface area contributed by atoms with Gasteiger partial charge in [0, 0.05) is 17.7 Å². The molecule has 0 radical (unpaired) electrons. The average molecular weight is 413 g/mol. The van der Waals surface area contributed by atoms with Crippen LogP contribution in [0.25, 0.3) is 0 Å². The molecule has 3 N–H and O–H groups in total. The van der Waals surface area contributed by atoms with E-state index in [1.807, 2.05) is 6.92 Å². The number of hydrogen-bond donors (Lipinski definition) is 3. The molecular formula is C22H27N3O5. The fraction of sp³-hybridized carbons (Fsp3) is 0.318. The van der Waals surface area contributed by atoms with Gasteiger partial charge in [-0.2, -0.15) is 0 Å². The fourth-order valence-electron chi connectivity index (χ4n) is 2.52. The van der Waals surface area contributed by atoms with Gasteiger partial charge in [-0.15, -0.1) is 0 Å². The van der Waals surface area contributed by atoms with Crippen LogP contribution in [-0.4, -0.2) is 30.9 Å². The van der Waals surface area contributed by atoms with E-state index in [1.54, 1.807) is 55.5 Å². The normalized spacial score (nSPS) is 11.2. The number of carbonyl (C=O) groups excluding carboxylic acids is 3. The molecule has 0 spiro atoms. The second-order valence-electron chi connectivity index (χ2n) is 6.58. The maximum absolute atomic E-state index is 12.2. The standard InChI is InChI=1S/C22H27N3O5/c1-4-5-10-20(26)23-17-13-11-16(12-14-17)22(28)25-24-21(27)15(2)30-19-9-7-6-8-18(19)29-3/h6-9,11-15H,4-5,10H2,1-3H3,(H,23,26)(H,24,27)(H,25,28). The Balaban J connectivity index is 1.84. The molecule has 0 aliphatic carbocycles. The number of unbranched alkanes of at least 4 members (excludes halogenated alkanes) is 1. The van der Waals surface area contributed by atoms with Crippen molar-refractivity contribution in [2.24, 2.45) is 0 Å². The van der Waals surface area contributed by atoms with Crippen molar-refractivity contribution in [2.45, 2.75) is 39.2 Å². The van der Waals surface area contributed by atoms with Crippen LogP contribution in [-0.2, 0) is 9.59 Å². The number of hydrazine groups is 1. The van der Waals surface area contributed by atoms with Gasteiger partial charge in [-0.05, 0) is 49.7 Å². The highest BCUT2D eigenvalue weighted by atomic mass is 16.5. The number of amides is 3. The van der Waals surface area contributed by atoms with Gasteiger partial charge in [0.05, 0.1) is 7.11 Å². The van der Waals surface area contributed by atoms with Crippen LogP contribution in [0.15, 0.2) is 48.5 Å². The number of nitrogens with one attached hydrogen (secondary N) is 3. The predicted molar refractivity (Wildman–Crippen MR) is 113 cm³/mol. The van der Waals surface area contributed by atoms with Crippen LogP contribution >= 0.6 is 0 Å². The first-order chi connectivity index (χ1) is 14.4. The number of ether oxygens (including phenoxy) is 2. The summed E-state index contributed by atoms with van der Waals surface area (Å²) in [5.74, 6) is -0.148. The van der Waals surface area contributed by atoms with Gasteiger partial charge in [-0.1, -0.05) is 25.5 Å². The molecule has 0 aliphatic rings. The summed E-state index contributed by atoms with van der Waals surface area (Å²) < 4.78 is 10.8. The number of para-hydroxylation sites is 2. The minimum absolute atomic E-state index is 0.0645. The van der Waals surface area contributed by atoms with Gasteiger partial charge in [-0.25, -0.2) is 0 Å². The van der Waals surface area contributed by atoms with Crippen LogP contribution < -0.4 is 25.6 Å². The Bertz CT molecular complexity index is 867. The summed E-state index contributed by atoms with van der Waals surface area (Å²) in [6.07, 6.45) is 1.37. The molecule has 8 nitrogen and oxygen atoms in total. The minimum atomic E-state index is -0.859. The zero-order valence-electron chi connectivity index (χ0n) is 17.4. The van der Waals surface area contributed by atoms with E-state index in [4.69, 9.17) is 9.47 Å². The Labute approximate surface area is 175 Å². The Morgan fingerprint density at radius 2 is 1.63 bits per heavy atom. The van der Waals surface area contributed by atoms with Gasteiger partial charge in [-0.3, -0.25) is 25.2 Å². The number of benzene rings is 2. The van der Waals surface area contributed by atoms with E-state index in [0.29, 0.717) is 29.2 Å². The van der Waals surface area contributed by atoms with Crippen LogP contribution in [0.3, 0.4) is 0 Å². The molecule has 0 aromatic heterocycles. The summed E-state index contributed by atoms with van der Waals surface area (Å²) in [6, 6.07) is 13.3. The lowest BCUT2D eigenvalue weighted by atomic mass is 10.2. The van der Waals surface area contributed by atoms with E-state index in [-0.39, 0.29) is 5.91 Å². The van der Waals surface area contributed by atoms with Gasteiger partial charge >= 0.3 is 0 Å². The van der Waals surface area contributed by atoms with Crippen molar-refractivity contribution in [3.63, 3.8) is 0 Å². The van der Waals surface area contributed by atoms with Crippen molar-refractivity contribution in [3.05, 3.63) is 54.1 Å². The van der Waals surface area contributed by atoms with Gasteiger partial charge in [0.25, 0.3) is 11.8 Å². The molecule has 30 heavy (non-hydrogen) atoms. The summed E-state index contributed by atoms with van der Waals surface area (Å²) in [5.41, 5.74) is 5.62. The van der Waals surface area contributed by atoms with Crippen LogP contribution in [0, 0.1) is 0 Å². The zero-order valence-corrected chi connectivity index (χ0v) is 17.4. The number of rotatable bonds is 9. The minimum Gasteiger partial charge on any atom is -0.493 e. The first-order valence-electron chi connectivity index (χ1n) is 9.74. The monoisotopic (exact) mass is 413 g/mol. The van der Waals surface area contributed by atoms with Crippen molar-refractivity contribution in [3.8, 4) is 11.5 Å². The highest BCUT2D eigenvalue weighted by Crippen LogP contribution is 2.26. The fourth-order valence-corrected chi connectivity index (χ4v) is 2.52. The molecule has 1 unspecified atom stereocenters. The van der Waals surface area contributed by atoms with Crippen molar-refractivity contribution < 1.29 is 23.9 Å². The molecule has 0 saturated heterocycles. The van der Waals surface area contributed by atoms with Crippen molar-refractivity contribution in [2.75, 3.05) is 12.4 Å². The summed E-state index contributed by atoms with van der Waals surface area (Å²) in [6.45, 7) is 3.58. The molecule has 2 aromatic carbocycles. The second-order valence-corrected chi connectivity index (χ2v) is 6.58. The van der Waals surface area contributed by atoms with Gasteiger partial charge < -0.3 is 14.8 Å². The van der Waals surface area contributed by atoms with Gasteiger partial charge in [0.1, 0.15) is 0 Å². The lowest BCUT2D eigenvalue weighted by Gasteiger charge is -2.17. The zero-order chi connectivity index (χ0) is 21.9. The average Bonchev–Trinajstić information content (AvgIpc) is 2.76. The Hall–Kier alpha value is -3.55. The number of methoxy groups -OCH3 is 1. The second kappa shape index (κ2) is 11.5. The topological polar surface area (TPSA) is 106 Å². The quantitative estimate of drug-likeness (QED) is 0.548. The predicted octanol–water partition coefficient (Wildman–Crippen LogP) is 3.05. The molecule has 0 heterocycles. The van der Waals surface area contributed by atoms with E-state index < -0.39 is 17.9 Å². The Morgan fingerprint density at radius 1 is 0.967 bits per heavy atom. The van der Waals surface area contributed by atoms with Gasteiger partial charge in [0.15, 0.2) is 17.6 Å². The molecule has 160 valence electrons. The summed E-state index contributed by atoms with van der Waals surface area (Å²) in [7, 11) is 1.51. The largest absolute Gasteiger partial charge is 0.493 e. The van der Waals surface area contributed by atoms with Crippen LogP contribution in [0.5, 0.6) is 11.5 Å². The maximum atomic E-state index is 12.2. The van der Waals surface area contributed by atoms with Crippen molar-refractivity contribution >= 4 is 23.4 Å². The van der Waals surface area contributed by atoms with Crippen LogP contribution in [0.4, 0.5) is 5.69 Å². The molecule has 2 rings (SSSR count). The smallest absolute Gasteiger partial charge is 0.279 e. The first kappa shape index (κ1) is 22.7. The van der Waals surface area contributed by atoms with Crippen LogP contribution in [0.2, 0.25) is 0 Å². The molecule has 0 aliphatic heterocycles. The molecule has 0 fully saturated rings. The summed E-state index contributed by atoms with van der Waals surface area (Å²) >= 11 is 0. The van der Waals surface area contributed by atoms with Crippen LogP contribution in [0.1, 0.15) is 43.5 Å². The lowest BCUT2D eigenvalue weighted by molar-refractivity contribution is -0.128. The third-order valence-electron chi connectivity index (χ3n) is 4.23. The highest BCUT2D eigenvalue weighted by Gasteiger charge is 2.17. The molecule has 1 atom stereocenters. The first-order valence-corrected chi connectivity index (χ1v) is 9.74. The molecule has 0 bridgehead atoms. The van der Waals surface area contributed by atoms with Crippen molar-refractivity contribution in [1.29, 1.82) is 0 Å². The molecular weight excluding hydrogens is 386 g/mol. The van der Waals surface area contributed by atoms with E-state index in [1.165, 1.54) is 7.11 Å². The Morgan fingerprint density at radius 3 is 2.27 bits per heavy atom. The molecule has 0 saturated carbocycles. The third kappa shape index (κ3) is 6.80. The lowest BCUT2D eigenvalue weighted by Crippen LogP contribution is -2.47. The summed E-state index contributed by atoms with van der Waals surface area (Å²) in [5, 5.41) is 2.77. The summed E-state index contributed by atoms with van der Waals surface area (Å²) in [4.78, 5) is 36.2. The Kier molecular flexibility index (Phi) is 8.68. The maximum Gasteiger partial charge on any atom is 0.279 e. The molecule has 2 aromatic rings. The third-order valence-corrected chi connectivity index (χ3v) is 4.23. The van der Waals surface area contributed by atoms with E-state index >= 15 is 0 Å². The molecule has 8 heteroatoms. The SMILES string of the molecule is CCCCC(=O)Nc1ccc(C(=O)NNC(=O)C(C)Oc2ccccc2OC)cc1. The highest BCUT2D eigenvalue weighted by molar-refractivity contribution is 5.97. The molecule has 3 amide bonds. The van der Waals surface area contributed by atoms with Gasteiger partial charge in [0.2, 0.25) is 5.91 Å². The number of anilines is 1. The van der Waals surface area contributed by atoms with Crippen molar-refractivity contribution in [1.82, 2.24) is 10.9 Å². The van der Waals surface area contributed by atoms with E-state index in [9.17, 15) is 14.4 Å². The number of hydrogen-bond acceptors (Lipinski definition) is 5. The van der Waals surface area contributed by atoms with E-state index in [0.717, 1.165) is 12.8 Å². The number of carbonyl (C=O) groups is 3.